The zero-order valence-electron chi connectivity index (χ0n) is 19.4. The SMILES string of the molecule is Cc1cc(C=C2C(=O)N(c3ccccc3)C(=O)N(c3ccccc3)C2=O)c(C)n1C1CCCC1. The number of benzene rings is 2. The van der Waals surface area contributed by atoms with E-state index in [1.54, 1.807) is 54.6 Å². The Kier molecular flexibility index (Phi) is 5.65. The molecule has 2 aromatic carbocycles. The molecule has 1 saturated heterocycles. The molecule has 0 N–H and O–H groups in total. The second-order valence-electron chi connectivity index (χ2n) is 8.93. The summed E-state index contributed by atoms with van der Waals surface area (Å²) in [7, 11) is 0. The number of rotatable bonds is 4. The van der Waals surface area contributed by atoms with Crippen LogP contribution in [0.5, 0.6) is 0 Å². The predicted octanol–water partition coefficient (Wildman–Crippen LogP) is 5.80. The number of hydrogen-bond acceptors (Lipinski definition) is 3. The van der Waals surface area contributed by atoms with Crippen molar-refractivity contribution in [2.75, 3.05) is 9.80 Å². The summed E-state index contributed by atoms with van der Waals surface area (Å²) in [6.45, 7) is 4.10. The van der Waals surface area contributed by atoms with Crippen LogP contribution in [-0.4, -0.2) is 22.4 Å². The number of hydrogen-bond donors (Lipinski definition) is 0. The Balaban J connectivity index is 1.63. The number of barbiturate groups is 1. The van der Waals surface area contributed by atoms with Crippen LogP contribution < -0.4 is 9.80 Å². The molecule has 1 saturated carbocycles. The number of amides is 4. The molecule has 1 aromatic heterocycles. The second-order valence-corrected chi connectivity index (χ2v) is 8.93. The van der Waals surface area contributed by atoms with Crippen molar-refractivity contribution in [2.24, 2.45) is 0 Å². The molecule has 0 bridgehead atoms. The lowest BCUT2D eigenvalue weighted by Gasteiger charge is -2.33. The van der Waals surface area contributed by atoms with Gasteiger partial charge in [0.05, 0.1) is 11.4 Å². The van der Waals surface area contributed by atoms with Gasteiger partial charge in [-0.05, 0) is 68.7 Å². The number of aromatic nitrogens is 1. The van der Waals surface area contributed by atoms with Crippen LogP contribution in [0, 0.1) is 13.8 Å². The van der Waals surface area contributed by atoms with E-state index in [-0.39, 0.29) is 5.57 Å². The van der Waals surface area contributed by atoms with Gasteiger partial charge in [-0.25, -0.2) is 14.6 Å². The minimum atomic E-state index is -0.680. The van der Waals surface area contributed by atoms with Crippen molar-refractivity contribution in [1.82, 2.24) is 4.57 Å². The fraction of sp³-hybridized carbons (Fsp3) is 0.250. The summed E-state index contributed by atoms with van der Waals surface area (Å²) in [5, 5.41) is 0. The Bertz CT molecular complexity index is 1220. The van der Waals surface area contributed by atoms with Gasteiger partial charge in [0.1, 0.15) is 5.57 Å². The number of imide groups is 2. The molecule has 5 rings (SSSR count). The predicted molar refractivity (Wildman–Crippen MR) is 133 cm³/mol. The Morgan fingerprint density at radius 3 is 1.76 bits per heavy atom. The average Bonchev–Trinajstić information content (AvgIpc) is 3.45. The lowest BCUT2D eigenvalue weighted by molar-refractivity contribution is -0.121. The highest BCUT2D eigenvalue weighted by molar-refractivity contribution is 6.46. The van der Waals surface area contributed by atoms with E-state index >= 15 is 0 Å². The summed E-state index contributed by atoms with van der Waals surface area (Å²) < 4.78 is 2.33. The van der Waals surface area contributed by atoms with Crippen molar-refractivity contribution in [3.8, 4) is 0 Å². The number of carbonyl (C=O) groups excluding carboxylic acids is 3. The number of aryl methyl sites for hydroxylation is 1. The molecule has 172 valence electrons. The minimum absolute atomic E-state index is 0.0287. The quantitative estimate of drug-likeness (QED) is 0.370. The van der Waals surface area contributed by atoms with E-state index < -0.39 is 17.8 Å². The first-order chi connectivity index (χ1) is 16.5. The fourth-order valence-electron chi connectivity index (χ4n) is 5.17. The first kappa shape index (κ1) is 21.9. The molecule has 34 heavy (non-hydrogen) atoms. The second kappa shape index (κ2) is 8.78. The summed E-state index contributed by atoms with van der Waals surface area (Å²) >= 11 is 0. The van der Waals surface area contributed by atoms with Gasteiger partial charge in [0.15, 0.2) is 0 Å². The molecule has 1 aliphatic carbocycles. The topological polar surface area (TPSA) is 62.6 Å². The molecule has 1 aliphatic heterocycles. The van der Waals surface area contributed by atoms with Gasteiger partial charge in [-0.1, -0.05) is 49.2 Å². The first-order valence-corrected chi connectivity index (χ1v) is 11.7. The molecule has 4 amide bonds. The maximum absolute atomic E-state index is 13.6. The Hall–Kier alpha value is -3.93. The molecular weight excluding hydrogens is 426 g/mol. The third kappa shape index (κ3) is 3.65. The standard InChI is InChI=1S/C28H27N3O3/c1-19-17-21(20(2)29(19)22-15-9-10-16-22)18-25-26(32)30(23-11-5-3-6-12-23)28(34)31(27(25)33)24-13-7-4-8-14-24/h3-8,11-14,17-18,22H,9-10,15-16H2,1-2H3. The summed E-state index contributed by atoms with van der Waals surface area (Å²) in [6, 6.07) is 19.2. The fourth-order valence-corrected chi connectivity index (χ4v) is 5.17. The van der Waals surface area contributed by atoms with Crippen LogP contribution in [0.2, 0.25) is 0 Å². The van der Waals surface area contributed by atoms with Crippen LogP contribution in [0.1, 0.15) is 48.7 Å². The number of urea groups is 1. The van der Waals surface area contributed by atoms with Crippen molar-refractivity contribution < 1.29 is 14.4 Å². The van der Waals surface area contributed by atoms with Gasteiger partial charge >= 0.3 is 6.03 Å². The van der Waals surface area contributed by atoms with Crippen LogP contribution in [0.4, 0.5) is 16.2 Å². The summed E-state index contributed by atoms with van der Waals surface area (Å²) in [5.41, 5.74) is 3.80. The Morgan fingerprint density at radius 1 is 0.765 bits per heavy atom. The Morgan fingerprint density at radius 2 is 1.26 bits per heavy atom. The number of para-hydroxylation sites is 2. The number of nitrogens with zero attached hydrogens (tertiary/aromatic N) is 3. The maximum atomic E-state index is 13.6. The monoisotopic (exact) mass is 453 g/mol. The number of anilines is 2. The van der Waals surface area contributed by atoms with E-state index in [2.05, 4.69) is 11.5 Å². The van der Waals surface area contributed by atoms with Crippen LogP contribution >= 0.6 is 0 Å². The van der Waals surface area contributed by atoms with E-state index in [9.17, 15) is 14.4 Å². The molecule has 0 unspecified atom stereocenters. The third-order valence-electron chi connectivity index (χ3n) is 6.79. The van der Waals surface area contributed by atoms with Gasteiger partial charge in [0, 0.05) is 17.4 Å². The molecule has 0 spiro atoms. The summed E-state index contributed by atoms with van der Waals surface area (Å²) in [4.78, 5) is 42.7. The highest BCUT2D eigenvalue weighted by atomic mass is 16.2. The Labute approximate surface area is 199 Å². The highest BCUT2D eigenvalue weighted by Crippen LogP contribution is 2.35. The van der Waals surface area contributed by atoms with Gasteiger partial charge in [-0.2, -0.15) is 0 Å². The lowest BCUT2D eigenvalue weighted by Crippen LogP contribution is -2.57. The van der Waals surface area contributed by atoms with Gasteiger partial charge in [0.2, 0.25) is 0 Å². The van der Waals surface area contributed by atoms with Crippen LogP contribution in [-0.2, 0) is 9.59 Å². The van der Waals surface area contributed by atoms with Crippen molar-refractivity contribution in [3.63, 3.8) is 0 Å². The van der Waals surface area contributed by atoms with E-state index in [0.29, 0.717) is 17.4 Å². The minimum Gasteiger partial charge on any atom is -0.346 e. The van der Waals surface area contributed by atoms with Crippen molar-refractivity contribution >= 4 is 35.3 Å². The van der Waals surface area contributed by atoms with Crippen LogP contribution in [0.3, 0.4) is 0 Å². The molecule has 2 fully saturated rings. The molecule has 2 aliphatic rings. The van der Waals surface area contributed by atoms with Crippen molar-refractivity contribution in [2.45, 2.75) is 45.6 Å². The number of carbonyl (C=O) groups is 3. The van der Waals surface area contributed by atoms with Gasteiger partial charge in [0.25, 0.3) is 11.8 Å². The van der Waals surface area contributed by atoms with Crippen molar-refractivity contribution in [3.05, 3.63) is 89.3 Å². The lowest BCUT2D eigenvalue weighted by atomic mass is 10.0. The molecule has 6 heteroatoms. The first-order valence-electron chi connectivity index (χ1n) is 11.7. The molecular formula is C28H27N3O3. The molecule has 0 atom stereocenters. The van der Waals surface area contributed by atoms with Gasteiger partial charge < -0.3 is 4.57 Å². The average molecular weight is 454 g/mol. The highest BCUT2D eigenvalue weighted by Gasteiger charge is 2.43. The van der Waals surface area contributed by atoms with E-state index in [4.69, 9.17) is 0 Å². The zero-order chi connectivity index (χ0) is 23.8. The summed E-state index contributed by atoms with van der Waals surface area (Å²) in [5.74, 6) is -1.22. The molecule has 0 radical (unpaired) electrons. The molecule has 2 heterocycles. The van der Waals surface area contributed by atoms with E-state index in [0.717, 1.165) is 39.6 Å². The largest absolute Gasteiger partial charge is 0.346 e. The van der Waals surface area contributed by atoms with Crippen molar-refractivity contribution in [1.29, 1.82) is 0 Å². The third-order valence-corrected chi connectivity index (χ3v) is 6.79. The van der Waals surface area contributed by atoms with Gasteiger partial charge in [-0.15, -0.1) is 0 Å². The molecule has 3 aromatic rings. The van der Waals surface area contributed by atoms with E-state index in [1.807, 2.05) is 25.1 Å². The zero-order valence-corrected chi connectivity index (χ0v) is 19.4. The van der Waals surface area contributed by atoms with E-state index in [1.165, 1.54) is 12.8 Å². The maximum Gasteiger partial charge on any atom is 0.343 e. The smallest absolute Gasteiger partial charge is 0.343 e. The van der Waals surface area contributed by atoms with Crippen LogP contribution in [0.15, 0.2) is 72.3 Å². The molecule has 6 nitrogen and oxygen atoms in total. The normalized spacial score (nSPS) is 17.1. The van der Waals surface area contributed by atoms with Gasteiger partial charge in [-0.3, -0.25) is 9.59 Å². The van der Waals surface area contributed by atoms with Crippen LogP contribution in [0.25, 0.3) is 6.08 Å². The summed E-state index contributed by atoms with van der Waals surface area (Å²) in [6.07, 6.45) is 6.37.